The molecule has 0 saturated heterocycles. The number of likely N-dealkylation sites (N-methyl/N-ethyl adjacent to an activating group) is 2. The topological polar surface area (TPSA) is 30.3 Å². The van der Waals surface area contributed by atoms with E-state index >= 15 is 0 Å². The fourth-order valence-corrected chi connectivity index (χ4v) is 2.53. The number of allylic oxidation sites excluding steroid dienone is 3. The maximum absolute atomic E-state index is 13.1. The number of hydrogen-bond acceptors (Lipinski definition) is 3. The van der Waals surface area contributed by atoms with Crippen molar-refractivity contribution in [2.75, 3.05) is 21.1 Å². The number of rotatable bonds is 5. The average Bonchev–Trinajstić information content (AvgIpc) is 2.45. The third-order valence-electron chi connectivity index (χ3n) is 3.96. The van der Waals surface area contributed by atoms with E-state index in [9.17, 15) is 13.2 Å². The van der Waals surface area contributed by atoms with Crippen LogP contribution < -0.4 is 0 Å². The fraction of sp³-hybridized carbons (Fsp3) is 0.562. The van der Waals surface area contributed by atoms with Crippen LogP contribution in [0, 0.1) is 23.2 Å². The highest BCUT2D eigenvalue weighted by Gasteiger charge is 2.44. The third-order valence-corrected chi connectivity index (χ3v) is 3.96. The Morgan fingerprint density at radius 1 is 1.41 bits per heavy atom. The van der Waals surface area contributed by atoms with Crippen LogP contribution in [0.4, 0.5) is 13.2 Å². The Bertz CT molecular complexity index is 512. The number of alkyl halides is 3. The van der Waals surface area contributed by atoms with Crippen molar-refractivity contribution in [3.63, 3.8) is 0 Å². The Morgan fingerprint density at radius 3 is 2.41 bits per heavy atom. The molecule has 0 aromatic rings. The molecular weight excluding hydrogens is 291 g/mol. The Hall–Kier alpha value is -1.90. The lowest BCUT2D eigenvalue weighted by Gasteiger charge is -2.36. The summed E-state index contributed by atoms with van der Waals surface area (Å²) in [5, 5.41) is 8.90. The molecule has 3 unspecified atom stereocenters. The zero-order chi connectivity index (χ0) is 17.1. The van der Waals surface area contributed by atoms with Crippen molar-refractivity contribution < 1.29 is 13.2 Å². The molecule has 0 amide bonds. The molecule has 122 valence electrons. The number of nitrogens with zero attached hydrogens (tertiary/aromatic N) is 3. The summed E-state index contributed by atoms with van der Waals surface area (Å²) >= 11 is 0. The van der Waals surface area contributed by atoms with Gasteiger partial charge in [0.1, 0.15) is 0 Å². The van der Waals surface area contributed by atoms with Gasteiger partial charge in [0.25, 0.3) is 0 Å². The van der Waals surface area contributed by atoms with Gasteiger partial charge >= 0.3 is 6.18 Å². The minimum atomic E-state index is -4.43. The standard InChI is InChI=1S/C16H22F3N3/c1-6-15(11(2)21(3)4)22(5)13-8-7-12(10-20)14(9-13)16(17,18)19/h7-9,12,14-15H,2,6H2,1,3-5H3. The summed E-state index contributed by atoms with van der Waals surface area (Å²) in [6, 6.07) is 1.61. The predicted molar refractivity (Wildman–Crippen MR) is 80.5 cm³/mol. The second kappa shape index (κ2) is 6.91. The first kappa shape index (κ1) is 18.1. The van der Waals surface area contributed by atoms with Crippen LogP contribution in [0.5, 0.6) is 0 Å². The van der Waals surface area contributed by atoms with Crippen LogP contribution >= 0.6 is 0 Å². The summed E-state index contributed by atoms with van der Waals surface area (Å²) in [5.41, 5.74) is 1.29. The van der Waals surface area contributed by atoms with E-state index in [-0.39, 0.29) is 6.04 Å². The van der Waals surface area contributed by atoms with E-state index < -0.39 is 18.0 Å². The monoisotopic (exact) mass is 313 g/mol. The van der Waals surface area contributed by atoms with E-state index in [2.05, 4.69) is 6.58 Å². The SMILES string of the molecule is C=C(C(CC)N(C)C1=CC(C(F)(F)F)C(C#N)C=C1)N(C)C. The molecule has 1 rings (SSSR count). The highest BCUT2D eigenvalue weighted by atomic mass is 19.4. The second-order valence-corrected chi connectivity index (χ2v) is 5.59. The summed E-state index contributed by atoms with van der Waals surface area (Å²) in [4.78, 5) is 3.64. The molecule has 0 saturated carbocycles. The van der Waals surface area contributed by atoms with E-state index in [1.54, 1.807) is 24.1 Å². The van der Waals surface area contributed by atoms with Crippen molar-refractivity contribution >= 4 is 0 Å². The first-order valence-corrected chi connectivity index (χ1v) is 7.08. The Morgan fingerprint density at radius 2 is 2.00 bits per heavy atom. The quantitative estimate of drug-likeness (QED) is 0.777. The van der Waals surface area contributed by atoms with Crippen LogP contribution in [-0.2, 0) is 0 Å². The zero-order valence-electron chi connectivity index (χ0n) is 13.4. The van der Waals surface area contributed by atoms with Crippen molar-refractivity contribution in [1.82, 2.24) is 9.80 Å². The van der Waals surface area contributed by atoms with Crippen LogP contribution in [0.1, 0.15) is 13.3 Å². The van der Waals surface area contributed by atoms with Crippen LogP contribution in [0.15, 0.2) is 36.2 Å². The third kappa shape index (κ3) is 3.85. The minimum Gasteiger partial charge on any atom is -0.380 e. The predicted octanol–water partition coefficient (Wildman–Crippen LogP) is 3.54. The lowest BCUT2D eigenvalue weighted by molar-refractivity contribution is -0.166. The van der Waals surface area contributed by atoms with Crippen molar-refractivity contribution in [3.8, 4) is 6.07 Å². The van der Waals surface area contributed by atoms with Crippen LogP contribution in [0.2, 0.25) is 0 Å². The molecule has 0 spiro atoms. The molecule has 3 atom stereocenters. The Balaban J connectivity index is 3.10. The molecule has 6 heteroatoms. The molecular formula is C16H22F3N3. The minimum absolute atomic E-state index is 0.0987. The van der Waals surface area contributed by atoms with Gasteiger partial charge in [0.05, 0.1) is 23.9 Å². The number of nitriles is 1. The van der Waals surface area contributed by atoms with Gasteiger partial charge in [0, 0.05) is 32.5 Å². The molecule has 0 bridgehead atoms. The maximum Gasteiger partial charge on any atom is 0.396 e. The molecule has 0 aromatic carbocycles. The summed E-state index contributed by atoms with van der Waals surface area (Å²) < 4.78 is 39.3. The molecule has 1 aliphatic rings. The molecule has 0 aliphatic heterocycles. The molecule has 0 fully saturated rings. The molecule has 0 radical (unpaired) electrons. The summed E-state index contributed by atoms with van der Waals surface area (Å²) in [6.45, 7) is 5.96. The number of halogens is 3. The summed E-state index contributed by atoms with van der Waals surface area (Å²) in [5.74, 6) is -2.95. The van der Waals surface area contributed by atoms with E-state index in [1.165, 1.54) is 6.08 Å². The smallest absolute Gasteiger partial charge is 0.380 e. The normalized spacial score (nSPS) is 22.5. The first-order valence-electron chi connectivity index (χ1n) is 7.08. The van der Waals surface area contributed by atoms with Gasteiger partial charge in [-0.05, 0) is 18.6 Å². The largest absolute Gasteiger partial charge is 0.396 e. The zero-order valence-corrected chi connectivity index (χ0v) is 13.4. The van der Waals surface area contributed by atoms with Crippen LogP contribution in [0.25, 0.3) is 0 Å². The van der Waals surface area contributed by atoms with Gasteiger partial charge in [0.15, 0.2) is 0 Å². The average molecular weight is 313 g/mol. The number of hydrogen-bond donors (Lipinski definition) is 0. The van der Waals surface area contributed by atoms with Gasteiger partial charge in [-0.3, -0.25) is 0 Å². The van der Waals surface area contributed by atoms with Crippen LogP contribution in [-0.4, -0.2) is 43.2 Å². The van der Waals surface area contributed by atoms with Crippen molar-refractivity contribution in [1.29, 1.82) is 5.26 Å². The lowest BCUT2D eigenvalue weighted by atomic mass is 9.87. The highest BCUT2D eigenvalue weighted by molar-refractivity contribution is 5.30. The Labute approximate surface area is 130 Å². The van der Waals surface area contributed by atoms with Crippen molar-refractivity contribution in [2.45, 2.75) is 25.6 Å². The van der Waals surface area contributed by atoms with E-state index in [0.717, 1.165) is 18.2 Å². The molecule has 0 N–H and O–H groups in total. The van der Waals surface area contributed by atoms with Crippen molar-refractivity contribution in [3.05, 3.63) is 36.2 Å². The van der Waals surface area contributed by atoms with E-state index in [0.29, 0.717) is 5.70 Å². The lowest BCUT2D eigenvalue weighted by Crippen LogP contribution is -2.38. The van der Waals surface area contributed by atoms with Crippen molar-refractivity contribution in [2.24, 2.45) is 11.8 Å². The van der Waals surface area contributed by atoms with Gasteiger partial charge in [-0.25, -0.2) is 0 Å². The highest BCUT2D eigenvalue weighted by Crippen LogP contribution is 2.38. The molecule has 1 aliphatic carbocycles. The molecule has 22 heavy (non-hydrogen) atoms. The molecule has 0 aromatic heterocycles. The molecule has 3 nitrogen and oxygen atoms in total. The Kier molecular flexibility index (Phi) is 5.70. The van der Waals surface area contributed by atoms with Gasteiger partial charge < -0.3 is 9.80 Å². The summed E-state index contributed by atoms with van der Waals surface area (Å²) in [6.07, 6.45) is 0.338. The van der Waals surface area contributed by atoms with Crippen LogP contribution in [0.3, 0.4) is 0 Å². The van der Waals surface area contributed by atoms with Gasteiger partial charge in [-0.2, -0.15) is 18.4 Å². The maximum atomic E-state index is 13.1. The fourth-order valence-electron chi connectivity index (χ4n) is 2.53. The van der Waals surface area contributed by atoms with Gasteiger partial charge in [-0.15, -0.1) is 0 Å². The van der Waals surface area contributed by atoms with Gasteiger partial charge in [-0.1, -0.05) is 19.6 Å². The second-order valence-electron chi connectivity index (χ2n) is 5.59. The summed E-state index contributed by atoms with van der Waals surface area (Å²) in [7, 11) is 5.46. The first-order chi connectivity index (χ1) is 10.1. The molecule has 0 heterocycles. The van der Waals surface area contributed by atoms with E-state index in [4.69, 9.17) is 5.26 Å². The van der Waals surface area contributed by atoms with Gasteiger partial charge in [0.2, 0.25) is 0 Å². The van der Waals surface area contributed by atoms with E-state index in [1.807, 2.05) is 25.9 Å².